The number of benzene rings is 1. The van der Waals surface area contributed by atoms with E-state index in [0.717, 1.165) is 11.3 Å². The van der Waals surface area contributed by atoms with Crippen molar-refractivity contribution < 1.29 is 0 Å². The van der Waals surface area contributed by atoms with Crippen molar-refractivity contribution in [3.8, 4) is 0 Å². The average molecular weight is 279 g/mol. The lowest BCUT2D eigenvalue weighted by atomic mass is 9.95. The van der Waals surface area contributed by atoms with E-state index in [1.807, 2.05) is 0 Å². The molecule has 104 valence electrons. The quantitative estimate of drug-likeness (QED) is 0.697. The molecule has 1 unspecified atom stereocenters. The third-order valence-electron chi connectivity index (χ3n) is 4.25. The van der Waals surface area contributed by atoms with E-state index in [1.54, 1.807) is 0 Å². The zero-order valence-corrected chi connectivity index (χ0v) is 13.0. The van der Waals surface area contributed by atoms with Crippen LogP contribution >= 0.6 is 11.6 Å². The third kappa shape index (κ3) is 2.51. The van der Waals surface area contributed by atoms with E-state index in [0.29, 0.717) is 17.8 Å². The molecule has 0 saturated carbocycles. The van der Waals surface area contributed by atoms with E-state index in [2.05, 4.69) is 50.5 Å². The predicted octanol–water partition coefficient (Wildman–Crippen LogP) is 5.08. The van der Waals surface area contributed by atoms with E-state index < -0.39 is 0 Å². The summed E-state index contributed by atoms with van der Waals surface area (Å²) in [6.45, 7) is 8.92. The minimum Gasteiger partial charge on any atom is -0.324 e. The third-order valence-corrected chi connectivity index (χ3v) is 4.49. The standard InChI is InChI=1S/C16H23ClN2/c1-5-13(6-2)12(4)19-14-9-7-8-11(3)16(14)18-15(19)10-17/h7-9,12-13H,5-6,10H2,1-4H3. The van der Waals surface area contributed by atoms with Gasteiger partial charge in [-0.2, -0.15) is 0 Å². The van der Waals surface area contributed by atoms with Gasteiger partial charge in [-0.15, -0.1) is 11.6 Å². The molecule has 2 nitrogen and oxygen atoms in total. The number of hydrogen-bond acceptors (Lipinski definition) is 1. The summed E-state index contributed by atoms with van der Waals surface area (Å²) in [6, 6.07) is 6.81. The largest absolute Gasteiger partial charge is 0.324 e. The number of aryl methyl sites for hydroxylation is 1. The first-order valence-electron chi connectivity index (χ1n) is 7.16. The van der Waals surface area contributed by atoms with Crippen LogP contribution < -0.4 is 0 Å². The van der Waals surface area contributed by atoms with Gasteiger partial charge in [0.25, 0.3) is 0 Å². The fraction of sp³-hybridized carbons (Fsp3) is 0.562. The molecule has 0 radical (unpaired) electrons. The number of nitrogens with zero attached hydrogens (tertiary/aromatic N) is 2. The number of aromatic nitrogens is 2. The molecule has 0 aliphatic heterocycles. The SMILES string of the molecule is CCC(CC)C(C)n1c(CCl)nc2c(C)cccc21. The Morgan fingerprint density at radius 3 is 2.53 bits per heavy atom. The van der Waals surface area contributed by atoms with Crippen LogP contribution in [0, 0.1) is 12.8 Å². The van der Waals surface area contributed by atoms with Crippen molar-refractivity contribution in [3.63, 3.8) is 0 Å². The maximum Gasteiger partial charge on any atom is 0.125 e. The summed E-state index contributed by atoms with van der Waals surface area (Å²) in [6.07, 6.45) is 2.37. The number of fused-ring (bicyclic) bond motifs is 1. The highest BCUT2D eigenvalue weighted by atomic mass is 35.5. The minimum absolute atomic E-state index is 0.440. The summed E-state index contributed by atoms with van der Waals surface area (Å²) < 4.78 is 2.34. The van der Waals surface area contributed by atoms with Gasteiger partial charge in [0, 0.05) is 6.04 Å². The normalized spacial score (nSPS) is 13.4. The molecule has 1 aromatic heterocycles. The van der Waals surface area contributed by atoms with Crippen molar-refractivity contribution in [1.82, 2.24) is 9.55 Å². The second-order valence-electron chi connectivity index (χ2n) is 5.29. The van der Waals surface area contributed by atoms with Gasteiger partial charge >= 0.3 is 0 Å². The van der Waals surface area contributed by atoms with Crippen molar-refractivity contribution in [2.24, 2.45) is 5.92 Å². The van der Waals surface area contributed by atoms with Crippen LogP contribution in [0.1, 0.15) is 51.0 Å². The fourth-order valence-electron chi connectivity index (χ4n) is 3.04. The first-order chi connectivity index (χ1) is 9.13. The number of rotatable bonds is 5. The lowest BCUT2D eigenvalue weighted by Crippen LogP contribution is -2.17. The molecular formula is C16H23ClN2. The van der Waals surface area contributed by atoms with Gasteiger partial charge in [-0.05, 0) is 31.4 Å². The van der Waals surface area contributed by atoms with Gasteiger partial charge in [-0.1, -0.05) is 38.8 Å². The highest BCUT2D eigenvalue weighted by molar-refractivity contribution is 6.16. The molecule has 0 fully saturated rings. The first kappa shape index (κ1) is 14.4. The van der Waals surface area contributed by atoms with Gasteiger partial charge in [-0.3, -0.25) is 0 Å². The second kappa shape index (κ2) is 5.96. The van der Waals surface area contributed by atoms with Gasteiger partial charge < -0.3 is 4.57 Å². The fourth-order valence-corrected chi connectivity index (χ4v) is 3.22. The minimum atomic E-state index is 0.440. The molecule has 0 aliphatic rings. The molecule has 1 heterocycles. The second-order valence-corrected chi connectivity index (χ2v) is 5.56. The van der Waals surface area contributed by atoms with Crippen LogP contribution in [0.2, 0.25) is 0 Å². The molecule has 0 saturated heterocycles. The van der Waals surface area contributed by atoms with Crippen molar-refractivity contribution in [2.45, 2.75) is 52.5 Å². The van der Waals surface area contributed by atoms with Crippen molar-refractivity contribution in [3.05, 3.63) is 29.6 Å². The number of imidazole rings is 1. The lowest BCUT2D eigenvalue weighted by molar-refractivity contribution is 0.334. The molecule has 0 N–H and O–H groups in total. The Hall–Kier alpha value is -1.02. The summed E-state index contributed by atoms with van der Waals surface area (Å²) in [5, 5.41) is 0. The van der Waals surface area contributed by atoms with Gasteiger partial charge in [0.05, 0.1) is 16.9 Å². The van der Waals surface area contributed by atoms with E-state index in [9.17, 15) is 0 Å². The predicted molar refractivity (Wildman–Crippen MR) is 82.8 cm³/mol. The van der Waals surface area contributed by atoms with Crippen LogP contribution in [-0.4, -0.2) is 9.55 Å². The lowest BCUT2D eigenvalue weighted by Gasteiger charge is -2.25. The monoisotopic (exact) mass is 278 g/mol. The molecule has 0 aliphatic carbocycles. The molecule has 0 amide bonds. The number of hydrogen-bond donors (Lipinski definition) is 0. The van der Waals surface area contributed by atoms with Gasteiger partial charge in [0.15, 0.2) is 0 Å². The van der Waals surface area contributed by atoms with E-state index in [-0.39, 0.29) is 0 Å². The summed E-state index contributed by atoms with van der Waals surface area (Å²) in [5.74, 6) is 2.13. The van der Waals surface area contributed by atoms with Crippen LogP contribution in [-0.2, 0) is 5.88 Å². The molecule has 2 aromatic rings. The zero-order chi connectivity index (χ0) is 14.0. The van der Waals surface area contributed by atoms with Crippen LogP contribution in [0.3, 0.4) is 0 Å². The van der Waals surface area contributed by atoms with Crippen LogP contribution in [0.15, 0.2) is 18.2 Å². The topological polar surface area (TPSA) is 17.8 Å². The molecular weight excluding hydrogens is 256 g/mol. The smallest absolute Gasteiger partial charge is 0.125 e. The van der Waals surface area contributed by atoms with Crippen molar-refractivity contribution in [2.75, 3.05) is 0 Å². The van der Waals surface area contributed by atoms with E-state index in [1.165, 1.54) is 23.9 Å². The Balaban J connectivity index is 2.60. The number of alkyl halides is 1. The summed E-state index contributed by atoms with van der Waals surface area (Å²) in [5.41, 5.74) is 3.53. The molecule has 19 heavy (non-hydrogen) atoms. The van der Waals surface area contributed by atoms with Gasteiger partial charge in [-0.25, -0.2) is 4.98 Å². The molecule has 0 spiro atoms. The molecule has 3 heteroatoms. The maximum absolute atomic E-state index is 6.11. The Bertz CT molecular complexity index is 555. The average Bonchev–Trinajstić information content (AvgIpc) is 2.80. The van der Waals surface area contributed by atoms with Crippen molar-refractivity contribution in [1.29, 1.82) is 0 Å². The molecule has 2 rings (SSSR count). The maximum atomic E-state index is 6.11. The van der Waals surface area contributed by atoms with Crippen LogP contribution in [0.5, 0.6) is 0 Å². The molecule has 1 aromatic carbocycles. The number of para-hydroxylation sites is 1. The highest BCUT2D eigenvalue weighted by Gasteiger charge is 2.21. The van der Waals surface area contributed by atoms with Crippen LogP contribution in [0.25, 0.3) is 11.0 Å². The Morgan fingerprint density at radius 2 is 1.95 bits per heavy atom. The zero-order valence-electron chi connectivity index (χ0n) is 12.3. The van der Waals surface area contributed by atoms with Gasteiger partial charge in [0.1, 0.15) is 5.82 Å². The number of halogens is 1. The Labute approximate surface area is 120 Å². The van der Waals surface area contributed by atoms with Crippen molar-refractivity contribution >= 4 is 22.6 Å². The summed E-state index contributed by atoms with van der Waals surface area (Å²) in [4.78, 5) is 4.73. The van der Waals surface area contributed by atoms with Crippen LogP contribution in [0.4, 0.5) is 0 Å². The summed E-state index contributed by atoms with van der Waals surface area (Å²) >= 11 is 6.11. The molecule has 0 bridgehead atoms. The molecule has 1 atom stereocenters. The van der Waals surface area contributed by atoms with E-state index >= 15 is 0 Å². The highest BCUT2D eigenvalue weighted by Crippen LogP contribution is 2.31. The Morgan fingerprint density at radius 1 is 1.26 bits per heavy atom. The first-order valence-corrected chi connectivity index (χ1v) is 7.69. The van der Waals surface area contributed by atoms with Gasteiger partial charge in [0.2, 0.25) is 0 Å². The Kier molecular flexibility index (Phi) is 4.51. The summed E-state index contributed by atoms with van der Waals surface area (Å²) in [7, 11) is 0. The van der Waals surface area contributed by atoms with E-state index in [4.69, 9.17) is 16.6 Å².